The molecular weight excluding hydrogens is 468 g/mol. The zero-order chi connectivity index (χ0) is 20.9. The molecule has 1 N–H and O–H groups in total. The highest BCUT2D eigenvalue weighted by Crippen LogP contribution is 2.28. The van der Waals surface area contributed by atoms with Crippen molar-refractivity contribution in [3.63, 3.8) is 0 Å². The highest BCUT2D eigenvalue weighted by molar-refractivity contribution is 9.10. The van der Waals surface area contributed by atoms with Crippen LogP contribution in [0.5, 0.6) is 5.75 Å². The maximum absolute atomic E-state index is 12.7. The quantitative estimate of drug-likeness (QED) is 0.608. The topological polar surface area (TPSA) is 75.7 Å². The van der Waals surface area contributed by atoms with E-state index in [2.05, 4.69) is 21.2 Å². The summed E-state index contributed by atoms with van der Waals surface area (Å²) in [6.07, 6.45) is 0. The summed E-state index contributed by atoms with van der Waals surface area (Å²) in [6.45, 7) is 3.75. The molecule has 0 saturated heterocycles. The minimum atomic E-state index is -3.87. The Balaban J connectivity index is 2.05. The summed E-state index contributed by atoms with van der Waals surface area (Å²) in [5, 5.41) is 3.00. The fourth-order valence-electron chi connectivity index (χ4n) is 2.50. The smallest absolute Gasteiger partial charge is 0.243 e. The van der Waals surface area contributed by atoms with Crippen LogP contribution in [0.2, 0.25) is 5.02 Å². The van der Waals surface area contributed by atoms with E-state index < -0.39 is 15.9 Å². The van der Waals surface area contributed by atoms with Gasteiger partial charge < -0.3 is 10.1 Å². The average Bonchev–Trinajstić information content (AvgIpc) is 2.63. The van der Waals surface area contributed by atoms with E-state index in [1.54, 1.807) is 0 Å². The largest absolute Gasteiger partial charge is 0.492 e. The minimum absolute atomic E-state index is 0.00258. The molecule has 0 saturated carbocycles. The fraction of sp³-hybridized carbons (Fsp3) is 0.316. The Morgan fingerprint density at radius 1 is 1.25 bits per heavy atom. The molecule has 2 aromatic carbocycles. The lowest BCUT2D eigenvalue weighted by Gasteiger charge is -2.20. The number of benzene rings is 2. The molecule has 0 unspecified atom stereocenters. The second-order valence-corrected chi connectivity index (χ2v) is 9.49. The lowest BCUT2D eigenvalue weighted by Crippen LogP contribution is -2.39. The van der Waals surface area contributed by atoms with Crippen molar-refractivity contribution < 1.29 is 17.9 Å². The summed E-state index contributed by atoms with van der Waals surface area (Å²) in [7, 11) is -2.52. The van der Waals surface area contributed by atoms with Crippen LogP contribution < -0.4 is 10.1 Å². The third-order valence-corrected chi connectivity index (χ3v) is 6.65. The van der Waals surface area contributed by atoms with Gasteiger partial charge in [0.05, 0.1) is 29.1 Å². The van der Waals surface area contributed by atoms with E-state index in [1.165, 1.54) is 25.2 Å². The first-order valence-corrected chi connectivity index (χ1v) is 11.2. The van der Waals surface area contributed by atoms with Gasteiger partial charge in [0.25, 0.3) is 0 Å². The van der Waals surface area contributed by atoms with E-state index in [0.717, 1.165) is 14.3 Å². The highest BCUT2D eigenvalue weighted by Gasteiger charge is 2.24. The number of carbonyl (C=O) groups excluding carboxylic acids is 1. The first-order valence-electron chi connectivity index (χ1n) is 8.58. The molecule has 0 bridgehead atoms. The zero-order valence-corrected chi connectivity index (χ0v) is 18.9. The van der Waals surface area contributed by atoms with Crippen molar-refractivity contribution in [1.29, 1.82) is 0 Å². The summed E-state index contributed by atoms with van der Waals surface area (Å²) >= 11 is 9.44. The van der Waals surface area contributed by atoms with Crippen LogP contribution in [0.1, 0.15) is 25.5 Å². The van der Waals surface area contributed by atoms with Gasteiger partial charge >= 0.3 is 0 Å². The monoisotopic (exact) mass is 488 g/mol. The third-order valence-electron chi connectivity index (χ3n) is 4.03. The van der Waals surface area contributed by atoms with Gasteiger partial charge in [-0.2, -0.15) is 4.31 Å². The summed E-state index contributed by atoms with van der Waals surface area (Å²) in [6, 6.07) is 11.5. The van der Waals surface area contributed by atoms with Gasteiger partial charge in [-0.05, 0) is 49.7 Å². The molecule has 6 nitrogen and oxygen atoms in total. The van der Waals surface area contributed by atoms with Crippen LogP contribution in [0.25, 0.3) is 0 Å². The molecule has 0 spiro atoms. The minimum Gasteiger partial charge on any atom is -0.492 e. The lowest BCUT2D eigenvalue weighted by atomic mass is 10.1. The second-order valence-electron chi connectivity index (χ2n) is 6.13. The molecular formula is C19H22BrClN2O4S. The van der Waals surface area contributed by atoms with Crippen LogP contribution in [0.3, 0.4) is 0 Å². The number of ether oxygens (including phenoxy) is 1. The molecule has 0 heterocycles. The van der Waals surface area contributed by atoms with E-state index in [1.807, 2.05) is 38.1 Å². The van der Waals surface area contributed by atoms with Crippen LogP contribution in [0, 0.1) is 0 Å². The van der Waals surface area contributed by atoms with Crippen molar-refractivity contribution in [3.8, 4) is 5.75 Å². The van der Waals surface area contributed by atoms with Gasteiger partial charge in [-0.25, -0.2) is 8.42 Å². The van der Waals surface area contributed by atoms with Gasteiger partial charge in [-0.3, -0.25) is 4.79 Å². The Morgan fingerprint density at radius 2 is 1.89 bits per heavy atom. The number of halogens is 2. The average molecular weight is 490 g/mol. The number of carbonyl (C=O) groups is 1. The number of sulfonamides is 1. The van der Waals surface area contributed by atoms with E-state index in [4.69, 9.17) is 16.3 Å². The van der Waals surface area contributed by atoms with Crippen molar-refractivity contribution in [2.75, 3.05) is 20.2 Å². The van der Waals surface area contributed by atoms with Crippen molar-refractivity contribution in [2.45, 2.75) is 24.8 Å². The van der Waals surface area contributed by atoms with Crippen molar-refractivity contribution >= 4 is 43.5 Å². The van der Waals surface area contributed by atoms with Crippen molar-refractivity contribution in [3.05, 3.63) is 57.5 Å². The van der Waals surface area contributed by atoms with E-state index >= 15 is 0 Å². The normalized spacial score (nSPS) is 12.6. The predicted molar refractivity (Wildman–Crippen MR) is 113 cm³/mol. The lowest BCUT2D eigenvalue weighted by molar-refractivity contribution is -0.121. The van der Waals surface area contributed by atoms with Crippen LogP contribution in [-0.2, 0) is 14.8 Å². The molecule has 0 aliphatic carbocycles. The van der Waals surface area contributed by atoms with Crippen LogP contribution in [-0.4, -0.2) is 38.8 Å². The van der Waals surface area contributed by atoms with E-state index in [9.17, 15) is 13.2 Å². The first-order chi connectivity index (χ1) is 13.1. The molecule has 0 fully saturated rings. The van der Waals surface area contributed by atoms with Gasteiger partial charge in [-0.15, -0.1) is 0 Å². The van der Waals surface area contributed by atoms with Gasteiger partial charge in [0.2, 0.25) is 15.9 Å². The zero-order valence-electron chi connectivity index (χ0n) is 15.8. The molecule has 0 radical (unpaired) electrons. The maximum Gasteiger partial charge on any atom is 0.243 e. The number of hydrogen-bond acceptors (Lipinski definition) is 4. The van der Waals surface area contributed by atoms with Gasteiger partial charge in [-0.1, -0.05) is 39.7 Å². The third kappa shape index (κ3) is 5.70. The first kappa shape index (κ1) is 22.7. The molecule has 0 aliphatic rings. The molecule has 1 atom stereocenters. The summed E-state index contributed by atoms with van der Waals surface area (Å²) < 4.78 is 32.7. The SMILES string of the molecule is CCOc1ccc(S(=O)(=O)N(C)CC(=O)N[C@H](C)c2ccc(Br)cc2)cc1Cl. The Bertz CT molecular complexity index is 935. The molecule has 0 aliphatic heterocycles. The molecule has 2 rings (SSSR count). The Labute approximate surface area is 179 Å². The summed E-state index contributed by atoms with van der Waals surface area (Å²) in [5.74, 6) is 0.00497. The Hall–Kier alpha value is -1.61. The Kier molecular flexibility index (Phi) is 7.88. The molecule has 2 aromatic rings. The molecule has 0 aromatic heterocycles. The van der Waals surface area contributed by atoms with Gasteiger partial charge in [0.1, 0.15) is 5.75 Å². The number of nitrogens with one attached hydrogen (secondary N) is 1. The second kappa shape index (κ2) is 9.73. The fourth-order valence-corrected chi connectivity index (χ4v) is 4.22. The highest BCUT2D eigenvalue weighted by atomic mass is 79.9. The van der Waals surface area contributed by atoms with Crippen LogP contribution in [0.15, 0.2) is 51.8 Å². The number of likely N-dealkylation sites (N-methyl/N-ethyl adjacent to an activating group) is 1. The van der Waals surface area contributed by atoms with E-state index in [0.29, 0.717) is 12.4 Å². The molecule has 1 amide bonds. The van der Waals surface area contributed by atoms with E-state index in [-0.39, 0.29) is 22.5 Å². The Morgan fingerprint density at radius 3 is 2.46 bits per heavy atom. The summed E-state index contributed by atoms with van der Waals surface area (Å²) in [5.41, 5.74) is 0.917. The van der Waals surface area contributed by atoms with Gasteiger partial charge in [0, 0.05) is 11.5 Å². The van der Waals surface area contributed by atoms with Crippen molar-refractivity contribution in [1.82, 2.24) is 9.62 Å². The van der Waals surface area contributed by atoms with Crippen LogP contribution >= 0.6 is 27.5 Å². The standard InChI is InChI=1S/C19H22BrClN2O4S/c1-4-27-18-10-9-16(11-17(18)21)28(25,26)23(3)12-19(24)22-13(2)14-5-7-15(20)8-6-14/h5-11,13H,4,12H2,1-3H3,(H,22,24)/t13-/m1/s1. The number of nitrogens with zero attached hydrogens (tertiary/aromatic N) is 1. The number of hydrogen-bond donors (Lipinski definition) is 1. The van der Waals surface area contributed by atoms with Crippen molar-refractivity contribution in [2.24, 2.45) is 0 Å². The number of rotatable bonds is 8. The van der Waals surface area contributed by atoms with Gasteiger partial charge in [0.15, 0.2) is 0 Å². The maximum atomic E-state index is 12.7. The summed E-state index contributed by atoms with van der Waals surface area (Å²) in [4.78, 5) is 12.3. The molecule has 28 heavy (non-hydrogen) atoms. The molecule has 152 valence electrons. The van der Waals surface area contributed by atoms with Crippen LogP contribution in [0.4, 0.5) is 0 Å². The predicted octanol–water partition coefficient (Wildman–Crippen LogP) is 4.00. The molecule has 9 heteroatoms. The number of amides is 1.